The highest BCUT2D eigenvalue weighted by atomic mass is 16.5. The van der Waals surface area contributed by atoms with Crippen molar-refractivity contribution in [3.63, 3.8) is 0 Å². The van der Waals surface area contributed by atoms with Crippen LogP contribution in [0.25, 0.3) is 0 Å². The Morgan fingerprint density at radius 2 is 1.94 bits per heavy atom. The minimum Gasteiger partial charge on any atom is -0.360 e. The number of carbonyl (C=O) groups excluding carboxylic acids is 1. The monoisotopic (exact) mass is 228 g/mol. The summed E-state index contributed by atoms with van der Waals surface area (Å²) >= 11 is 0. The van der Waals surface area contributed by atoms with E-state index in [0.717, 1.165) is 6.54 Å². The molecule has 0 fully saturated rings. The Hall–Kier alpha value is -0.870. The number of hydrogen-bond donors (Lipinski definition) is 1. The molecule has 0 spiro atoms. The highest BCUT2D eigenvalue weighted by Crippen LogP contribution is 2.03. The molecule has 0 saturated heterocycles. The van der Waals surface area contributed by atoms with Gasteiger partial charge in [-0.1, -0.05) is 6.58 Å². The van der Waals surface area contributed by atoms with Crippen LogP contribution in [0.2, 0.25) is 0 Å². The van der Waals surface area contributed by atoms with Crippen molar-refractivity contribution in [3.8, 4) is 0 Å². The molecule has 0 saturated carbocycles. The van der Waals surface area contributed by atoms with Crippen molar-refractivity contribution in [2.45, 2.75) is 39.8 Å². The quantitative estimate of drug-likeness (QED) is 0.388. The van der Waals surface area contributed by atoms with Gasteiger partial charge in [-0.05, 0) is 33.8 Å². The molecular formula is C12H24N2O2. The molecule has 0 unspecified atom stereocenters. The predicted molar refractivity (Wildman–Crippen MR) is 66.1 cm³/mol. The van der Waals surface area contributed by atoms with Crippen molar-refractivity contribution >= 4 is 5.91 Å². The summed E-state index contributed by atoms with van der Waals surface area (Å²) in [5.74, 6) is -0.204. The lowest BCUT2D eigenvalue weighted by molar-refractivity contribution is -0.118. The Labute approximate surface area is 98.6 Å². The third kappa shape index (κ3) is 6.58. The molecule has 1 N–H and O–H groups in total. The summed E-state index contributed by atoms with van der Waals surface area (Å²) in [6, 6.07) is 1.01. The van der Waals surface area contributed by atoms with E-state index in [1.165, 1.54) is 6.08 Å². The first-order valence-corrected chi connectivity index (χ1v) is 5.72. The maximum absolute atomic E-state index is 10.8. The number of rotatable bonds is 8. The molecule has 0 aromatic carbocycles. The second-order valence-corrected chi connectivity index (χ2v) is 4.22. The lowest BCUT2D eigenvalue weighted by Gasteiger charge is -2.30. The van der Waals surface area contributed by atoms with Crippen LogP contribution >= 0.6 is 0 Å². The van der Waals surface area contributed by atoms with Gasteiger partial charge in [-0.3, -0.25) is 9.69 Å². The summed E-state index contributed by atoms with van der Waals surface area (Å²) in [6.45, 7) is 13.8. The van der Waals surface area contributed by atoms with Crippen molar-refractivity contribution in [2.24, 2.45) is 0 Å². The van der Waals surface area contributed by atoms with Crippen LogP contribution in [0.1, 0.15) is 27.7 Å². The van der Waals surface area contributed by atoms with Crippen molar-refractivity contribution < 1.29 is 9.53 Å². The molecule has 0 aromatic heterocycles. The summed E-state index contributed by atoms with van der Waals surface area (Å²) in [6.07, 6.45) is 1.23. The van der Waals surface area contributed by atoms with E-state index in [2.05, 4.69) is 44.5 Å². The molecule has 16 heavy (non-hydrogen) atoms. The highest BCUT2D eigenvalue weighted by molar-refractivity contribution is 5.86. The average Bonchev–Trinajstić information content (AvgIpc) is 2.21. The van der Waals surface area contributed by atoms with Crippen LogP contribution in [-0.4, -0.2) is 42.8 Å². The van der Waals surface area contributed by atoms with Gasteiger partial charge >= 0.3 is 0 Å². The summed E-state index contributed by atoms with van der Waals surface area (Å²) < 4.78 is 5.32. The zero-order valence-electron chi connectivity index (χ0n) is 10.8. The number of nitrogens with one attached hydrogen (secondary N) is 1. The molecule has 94 valence electrons. The van der Waals surface area contributed by atoms with Crippen LogP contribution in [0.4, 0.5) is 0 Å². The van der Waals surface area contributed by atoms with Gasteiger partial charge < -0.3 is 10.1 Å². The Morgan fingerprint density at radius 3 is 2.38 bits per heavy atom. The number of amides is 1. The number of carbonyl (C=O) groups is 1. The van der Waals surface area contributed by atoms with Gasteiger partial charge in [0.25, 0.3) is 0 Å². The maximum Gasteiger partial charge on any atom is 0.245 e. The van der Waals surface area contributed by atoms with Gasteiger partial charge in [0.15, 0.2) is 0 Å². The zero-order valence-corrected chi connectivity index (χ0v) is 10.8. The standard InChI is InChI=1S/C12H24N2O2/c1-6-12(15)13-9-16-8-7-14(10(2)3)11(4)5/h6,10-11H,1,7-9H2,2-5H3,(H,13,15). The third-order valence-corrected chi connectivity index (χ3v) is 2.35. The summed E-state index contributed by atoms with van der Waals surface area (Å²) in [4.78, 5) is 13.1. The first-order valence-electron chi connectivity index (χ1n) is 5.72. The van der Waals surface area contributed by atoms with E-state index in [0.29, 0.717) is 18.7 Å². The molecule has 0 aromatic rings. The predicted octanol–water partition coefficient (Wildman–Crippen LogP) is 1.38. The van der Waals surface area contributed by atoms with Crippen LogP contribution < -0.4 is 5.32 Å². The van der Waals surface area contributed by atoms with Gasteiger partial charge in [-0.15, -0.1) is 0 Å². The van der Waals surface area contributed by atoms with Crippen molar-refractivity contribution in [1.29, 1.82) is 0 Å². The van der Waals surface area contributed by atoms with Crippen molar-refractivity contribution in [1.82, 2.24) is 10.2 Å². The minimum absolute atomic E-state index is 0.204. The Kier molecular flexibility index (Phi) is 7.85. The van der Waals surface area contributed by atoms with Crippen molar-refractivity contribution in [2.75, 3.05) is 19.9 Å². The van der Waals surface area contributed by atoms with Crippen LogP contribution in [0.5, 0.6) is 0 Å². The highest BCUT2D eigenvalue weighted by Gasteiger charge is 2.12. The molecule has 1 amide bonds. The van der Waals surface area contributed by atoms with E-state index in [-0.39, 0.29) is 12.6 Å². The van der Waals surface area contributed by atoms with E-state index < -0.39 is 0 Å². The first kappa shape index (κ1) is 15.1. The summed E-state index contributed by atoms with van der Waals surface area (Å²) in [7, 11) is 0. The van der Waals surface area contributed by atoms with Crippen LogP contribution in [0.3, 0.4) is 0 Å². The molecule has 0 aliphatic rings. The second kappa shape index (κ2) is 8.30. The molecule has 0 rings (SSSR count). The first-order chi connectivity index (χ1) is 7.49. The van der Waals surface area contributed by atoms with Gasteiger partial charge in [0, 0.05) is 18.6 Å². The lowest BCUT2D eigenvalue weighted by Crippen LogP contribution is -2.39. The number of nitrogens with zero attached hydrogens (tertiary/aromatic N) is 1. The van der Waals surface area contributed by atoms with E-state index in [1.54, 1.807) is 0 Å². The summed E-state index contributed by atoms with van der Waals surface area (Å²) in [5, 5.41) is 2.57. The van der Waals surface area contributed by atoms with E-state index >= 15 is 0 Å². The molecule has 4 heteroatoms. The van der Waals surface area contributed by atoms with E-state index in [9.17, 15) is 4.79 Å². The van der Waals surface area contributed by atoms with Crippen LogP contribution in [-0.2, 0) is 9.53 Å². The number of hydrogen-bond acceptors (Lipinski definition) is 3. The van der Waals surface area contributed by atoms with Gasteiger partial charge in [-0.2, -0.15) is 0 Å². The summed E-state index contributed by atoms with van der Waals surface area (Å²) in [5.41, 5.74) is 0. The third-order valence-electron chi connectivity index (χ3n) is 2.35. The SMILES string of the molecule is C=CC(=O)NCOCCN(C(C)C)C(C)C. The van der Waals surface area contributed by atoms with E-state index in [4.69, 9.17) is 4.74 Å². The van der Waals surface area contributed by atoms with Crippen molar-refractivity contribution in [3.05, 3.63) is 12.7 Å². The average molecular weight is 228 g/mol. The lowest BCUT2D eigenvalue weighted by atomic mass is 10.2. The largest absolute Gasteiger partial charge is 0.360 e. The normalized spacial score (nSPS) is 11.2. The van der Waals surface area contributed by atoms with Gasteiger partial charge in [-0.25, -0.2) is 0 Å². The second-order valence-electron chi connectivity index (χ2n) is 4.22. The molecule has 0 aliphatic heterocycles. The molecule has 4 nitrogen and oxygen atoms in total. The fraction of sp³-hybridized carbons (Fsp3) is 0.750. The van der Waals surface area contributed by atoms with Gasteiger partial charge in [0.2, 0.25) is 5.91 Å². The van der Waals surface area contributed by atoms with Crippen LogP contribution in [0, 0.1) is 0 Å². The fourth-order valence-electron chi connectivity index (χ4n) is 1.55. The molecular weight excluding hydrogens is 204 g/mol. The molecule has 0 atom stereocenters. The Balaban J connectivity index is 3.63. The Bertz CT molecular complexity index is 207. The Morgan fingerprint density at radius 1 is 1.38 bits per heavy atom. The van der Waals surface area contributed by atoms with E-state index in [1.807, 2.05) is 0 Å². The maximum atomic E-state index is 10.8. The fourth-order valence-corrected chi connectivity index (χ4v) is 1.55. The molecule has 0 heterocycles. The van der Waals surface area contributed by atoms with Gasteiger partial charge in [0.1, 0.15) is 6.73 Å². The molecule has 0 bridgehead atoms. The number of ether oxygens (including phenoxy) is 1. The molecule has 0 aliphatic carbocycles. The topological polar surface area (TPSA) is 41.6 Å². The smallest absolute Gasteiger partial charge is 0.245 e. The zero-order chi connectivity index (χ0) is 12.6. The van der Waals surface area contributed by atoms with Crippen LogP contribution in [0.15, 0.2) is 12.7 Å². The molecule has 0 radical (unpaired) electrons. The minimum atomic E-state index is -0.204. The van der Waals surface area contributed by atoms with Gasteiger partial charge in [0.05, 0.1) is 6.61 Å².